The average molecular weight is 365 g/mol. The number of fused-ring (bicyclic) bond motifs is 1. The highest BCUT2D eigenvalue weighted by atomic mass is 32.2. The number of anilines is 1. The first kappa shape index (κ1) is 18.0. The smallest absolute Gasteiger partial charge is 0.317 e. The number of amides is 1. The van der Waals surface area contributed by atoms with Crippen molar-refractivity contribution in [2.75, 3.05) is 11.1 Å². The molecule has 5 heteroatoms. The van der Waals surface area contributed by atoms with E-state index in [9.17, 15) is 9.59 Å². The molecule has 26 heavy (non-hydrogen) atoms. The number of ether oxygens (including phenoxy) is 1. The van der Waals surface area contributed by atoms with Crippen molar-refractivity contribution in [2.45, 2.75) is 17.9 Å². The van der Waals surface area contributed by atoms with Crippen LogP contribution in [0.2, 0.25) is 0 Å². The first-order valence-electron chi connectivity index (χ1n) is 8.29. The molecule has 0 aliphatic carbocycles. The molecule has 0 saturated heterocycles. The van der Waals surface area contributed by atoms with Crippen molar-refractivity contribution < 1.29 is 14.3 Å². The Balaban J connectivity index is 1.52. The largest absolute Gasteiger partial charge is 0.452 e. The molecule has 0 heterocycles. The molecule has 0 aliphatic heterocycles. The van der Waals surface area contributed by atoms with Crippen molar-refractivity contribution in [1.29, 1.82) is 0 Å². The van der Waals surface area contributed by atoms with Gasteiger partial charge in [0.25, 0.3) is 5.91 Å². The van der Waals surface area contributed by atoms with Gasteiger partial charge in [-0.2, -0.15) is 0 Å². The molecule has 0 fully saturated rings. The Morgan fingerprint density at radius 3 is 2.42 bits per heavy atom. The van der Waals surface area contributed by atoms with Gasteiger partial charge in [-0.3, -0.25) is 9.59 Å². The van der Waals surface area contributed by atoms with E-state index in [1.165, 1.54) is 11.8 Å². The van der Waals surface area contributed by atoms with Crippen molar-refractivity contribution in [3.05, 3.63) is 72.8 Å². The predicted molar refractivity (Wildman–Crippen MR) is 105 cm³/mol. The van der Waals surface area contributed by atoms with Gasteiger partial charge in [-0.1, -0.05) is 48.5 Å². The number of thioether (sulfide) groups is 1. The minimum Gasteiger partial charge on any atom is -0.452 e. The number of rotatable bonds is 6. The average Bonchev–Trinajstić information content (AvgIpc) is 2.67. The number of nitrogens with one attached hydrogen (secondary N) is 1. The van der Waals surface area contributed by atoms with Gasteiger partial charge in [0.05, 0.1) is 5.75 Å². The summed E-state index contributed by atoms with van der Waals surface area (Å²) < 4.78 is 5.22. The molecule has 3 aromatic carbocycles. The fourth-order valence-electron chi connectivity index (χ4n) is 2.45. The minimum absolute atomic E-state index is 0.164. The third kappa shape index (κ3) is 4.86. The number of benzene rings is 3. The molecule has 0 spiro atoms. The second-order valence-corrected chi connectivity index (χ2v) is 6.83. The summed E-state index contributed by atoms with van der Waals surface area (Å²) in [6, 6.07) is 23.2. The summed E-state index contributed by atoms with van der Waals surface area (Å²) >= 11 is 1.38. The maximum atomic E-state index is 12.3. The molecular weight excluding hydrogens is 346 g/mol. The SMILES string of the molecule is C[C@H](OC(=O)CSc1ccccc1)C(=O)Nc1ccc2ccccc2c1. The van der Waals surface area contributed by atoms with Gasteiger partial charge in [-0.25, -0.2) is 0 Å². The van der Waals surface area contributed by atoms with Crippen LogP contribution < -0.4 is 5.32 Å². The van der Waals surface area contributed by atoms with Gasteiger partial charge in [0.2, 0.25) is 0 Å². The van der Waals surface area contributed by atoms with E-state index in [4.69, 9.17) is 4.74 Å². The van der Waals surface area contributed by atoms with Crippen LogP contribution in [-0.2, 0) is 14.3 Å². The van der Waals surface area contributed by atoms with E-state index in [2.05, 4.69) is 5.32 Å². The number of esters is 1. The third-order valence-electron chi connectivity index (χ3n) is 3.79. The molecule has 0 unspecified atom stereocenters. The van der Waals surface area contributed by atoms with Crippen molar-refractivity contribution >= 4 is 40.1 Å². The zero-order chi connectivity index (χ0) is 18.4. The van der Waals surface area contributed by atoms with E-state index in [1.54, 1.807) is 6.92 Å². The summed E-state index contributed by atoms with van der Waals surface area (Å²) in [6.45, 7) is 1.57. The van der Waals surface area contributed by atoms with Crippen molar-refractivity contribution in [2.24, 2.45) is 0 Å². The molecule has 0 aliphatic rings. The highest BCUT2D eigenvalue weighted by molar-refractivity contribution is 8.00. The quantitative estimate of drug-likeness (QED) is 0.516. The predicted octanol–water partition coefficient (Wildman–Crippen LogP) is 4.50. The topological polar surface area (TPSA) is 55.4 Å². The summed E-state index contributed by atoms with van der Waals surface area (Å²) in [4.78, 5) is 25.2. The highest BCUT2D eigenvalue weighted by Gasteiger charge is 2.18. The fourth-order valence-corrected chi connectivity index (χ4v) is 3.16. The van der Waals surface area contributed by atoms with Gasteiger partial charge >= 0.3 is 5.97 Å². The van der Waals surface area contributed by atoms with Crippen LogP contribution in [-0.4, -0.2) is 23.7 Å². The maximum absolute atomic E-state index is 12.3. The zero-order valence-electron chi connectivity index (χ0n) is 14.3. The molecule has 0 aromatic heterocycles. The third-order valence-corrected chi connectivity index (χ3v) is 4.78. The van der Waals surface area contributed by atoms with Crippen LogP contribution in [0, 0.1) is 0 Å². The molecule has 4 nitrogen and oxygen atoms in total. The summed E-state index contributed by atoms with van der Waals surface area (Å²) in [6.07, 6.45) is -0.856. The molecule has 3 rings (SSSR count). The lowest BCUT2D eigenvalue weighted by Crippen LogP contribution is -2.30. The lowest BCUT2D eigenvalue weighted by molar-refractivity contribution is -0.150. The maximum Gasteiger partial charge on any atom is 0.317 e. The van der Waals surface area contributed by atoms with Crippen LogP contribution in [0.5, 0.6) is 0 Å². The summed E-state index contributed by atoms with van der Waals surface area (Å²) in [5.74, 6) is -0.601. The number of carbonyl (C=O) groups is 2. The Labute approximate surface area is 156 Å². The van der Waals surface area contributed by atoms with E-state index in [-0.39, 0.29) is 11.7 Å². The minimum atomic E-state index is -0.856. The Bertz CT molecular complexity index is 911. The van der Waals surface area contributed by atoms with Gasteiger partial charge in [0, 0.05) is 10.6 Å². The van der Waals surface area contributed by atoms with Crippen molar-refractivity contribution in [3.8, 4) is 0 Å². The molecule has 1 N–H and O–H groups in total. The highest BCUT2D eigenvalue weighted by Crippen LogP contribution is 2.20. The lowest BCUT2D eigenvalue weighted by atomic mass is 10.1. The van der Waals surface area contributed by atoms with E-state index < -0.39 is 12.1 Å². The van der Waals surface area contributed by atoms with Crippen LogP contribution in [0.1, 0.15) is 6.92 Å². The second-order valence-electron chi connectivity index (χ2n) is 5.78. The first-order chi connectivity index (χ1) is 12.6. The normalized spacial score (nSPS) is 11.7. The van der Waals surface area contributed by atoms with Gasteiger partial charge in [0.1, 0.15) is 0 Å². The molecular formula is C21H19NO3S. The van der Waals surface area contributed by atoms with Crippen LogP contribution in [0.25, 0.3) is 10.8 Å². The molecule has 0 radical (unpaired) electrons. The standard InChI is InChI=1S/C21H19NO3S/c1-15(25-20(23)14-26-19-9-3-2-4-10-19)21(24)22-18-12-11-16-7-5-6-8-17(16)13-18/h2-13,15H,14H2,1H3,(H,22,24)/t15-/m0/s1. The monoisotopic (exact) mass is 365 g/mol. The fraction of sp³-hybridized carbons (Fsp3) is 0.143. The van der Waals surface area contributed by atoms with Gasteiger partial charge in [0.15, 0.2) is 6.10 Å². The van der Waals surface area contributed by atoms with E-state index in [0.29, 0.717) is 5.69 Å². The number of hydrogen-bond acceptors (Lipinski definition) is 4. The first-order valence-corrected chi connectivity index (χ1v) is 9.27. The van der Waals surface area contributed by atoms with E-state index in [0.717, 1.165) is 15.7 Å². The molecule has 0 saturated carbocycles. The molecule has 3 aromatic rings. The van der Waals surface area contributed by atoms with Gasteiger partial charge < -0.3 is 10.1 Å². The van der Waals surface area contributed by atoms with Crippen molar-refractivity contribution in [1.82, 2.24) is 0 Å². The summed E-state index contributed by atoms with van der Waals surface area (Å²) in [5.41, 5.74) is 0.676. The Morgan fingerprint density at radius 1 is 0.962 bits per heavy atom. The molecule has 1 amide bonds. The van der Waals surface area contributed by atoms with Crippen LogP contribution in [0.4, 0.5) is 5.69 Å². The van der Waals surface area contributed by atoms with Crippen LogP contribution in [0.3, 0.4) is 0 Å². The van der Waals surface area contributed by atoms with E-state index in [1.807, 2.05) is 72.8 Å². The van der Waals surface area contributed by atoms with Crippen LogP contribution in [0.15, 0.2) is 77.7 Å². The Hall–Kier alpha value is -2.79. The summed E-state index contributed by atoms with van der Waals surface area (Å²) in [7, 11) is 0. The molecule has 132 valence electrons. The second kappa shape index (κ2) is 8.54. The Morgan fingerprint density at radius 2 is 1.65 bits per heavy atom. The zero-order valence-corrected chi connectivity index (χ0v) is 15.2. The molecule has 0 bridgehead atoms. The molecule has 1 atom stereocenters. The van der Waals surface area contributed by atoms with Crippen molar-refractivity contribution in [3.63, 3.8) is 0 Å². The lowest BCUT2D eigenvalue weighted by Gasteiger charge is -2.14. The summed E-state index contributed by atoms with van der Waals surface area (Å²) in [5, 5.41) is 4.93. The van der Waals surface area contributed by atoms with Gasteiger partial charge in [-0.15, -0.1) is 11.8 Å². The number of carbonyl (C=O) groups excluding carboxylic acids is 2. The van der Waals surface area contributed by atoms with E-state index >= 15 is 0 Å². The Kier molecular flexibility index (Phi) is 5.92. The number of hydrogen-bond donors (Lipinski definition) is 1. The van der Waals surface area contributed by atoms with Crippen LogP contribution >= 0.6 is 11.8 Å². The van der Waals surface area contributed by atoms with Gasteiger partial charge in [-0.05, 0) is 42.0 Å².